The molecule has 222 valence electrons. The van der Waals surface area contributed by atoms with E-state index in [-0.39, 0.29) is 0 Å². The molecule has 0 saturated heterocycles. The van der Waals surface area contributed by atoms with E-state index in [9.17, 15) is 0 Å². The molecule has 4 nitrogen and oxygen atoms in total. The van der Waals surface area contributed by atoms with Crippen molar-refractivity contribution in [3.05, 3.63) is 156 Å². The standard InChI is InChI=1S/C42H34N4/c1-27-29(3)45(41-17-7-5-13-37(27)41)35-24-32(25-36(26-35)46-30(4)28(2)38-14-6-8-18-42(38)46)31-21-33(39-15-9-11-19-43-39)23-34(22-31)40-16-10-12-20-44-40/h5-26H,1-4H3. The van der Waals surface area contributed by atoms with E-state index in [2.05, 4.69) is 134 Å². The molecule has 46 heavy (non-hydrogen) atoms. The second kappa shape index (κ2) is 11.0. The van der Waals surface area contributed by atoms with Gasteiger partial charge >= 0.3 is 0 Å². The molecule has 0 atom stereocenters. The zero-order valence-corrected chi connectivity index (χ0v) is 26.5. The van der Waals surface area contributed by atoms with E-state index in [1.54, 1.807) is 0 Å². The quantitative estimate of drug-likeness (QED) is 0.199. The summed E-state index contributed by atoms with van der Waals surface area (Å²) in [4.78, 5) is 9.43. The number of hydrogen-bond acceptors (Lipinski definition) is 2. The molecule has 0 aliphatic heterocycles. The minimum absolute atomic E-state index is 0.934. The molecule has 8 rings (SSSR count). The zero-order valence-electron chi connectivity index (χ0n) is 26.5. The van der Waals surface area contributed by atoms with Crippen LogP contribution in [-0.2, 0) is 0 Å². The number of fused-ring (bicyclic) bond motifs is 2. The summed E-state index contributed by atoms with van der Waals surface area (Å²) in [6.07, 6.45) is 3.71. The highest BCUT2D eigenvalue weighted by Crippen LogP contribution is 2.37. The van der Waals surface area contributed by atoms with Crippen LogP contribution in [0.25, 0.3) is 66.8 Å². The number of benzene rings is 4. The van der Waals surface area contributed by atoms with Crippen LogP contribution in [-0.4, -0.2) is 19.1 Å². The maximum absolute atomic E-state index is 4.72. The van der Waals surface area contributed by atoms with Crippen LogP contribution in [0, 0.1) is 27.7 Å². The topological polar surface area (TPSA) is 35.6 Å². The van der Waals surface area contributed by atoms with Gasteiger partial charge in [-0.25, -0.2) is 0 Å². The molecule has 0 fully saturated rings. The first kappa shape index (κ1) is 27.8. The molecule has 0 radical (unpaired) electrons. The number of para-hydroxylation sites is 2. The van der Waals surface area contributed by atoms with Crippen molar-refractivity contribution in [3.63, 3.8) is 0 Å². The molecule has 8 aromatic rings. The third-order valence-electron chi connectivity index (χ3n) is 9.46. The number of aromatic nitrogens is 4. The molecule has 0 aliphatic carbocycles. The lowest BCUT2D eigenvalue weighted by atomic mass is 9.95. The van der Waals surface area contributed by atoms with Crippen LogP contribution in [0.4, 0.5) is 0 Å². The minimum Gasteiger partial charge on any atom is -0.314 e. The molecule has 0 amide bonds. The van der Waals surface area contributed by atoms with Gasteiger partial charge in [-0.15, -0.1) is 0 Å². The van der Waals surface area contributed by atoms with Crippen molar-refractivity contribution in [1.29, 1.82) is 0 Å². The number of pyridine rings is 2. The van der Waals surface area contributed by atoms with Crippen molar-refractivity contribution in [3.8, 4) is 45.0 Å². The van der Waals surface area contributed by atoms with Gasteiger partial charge in [0.05, 0.1) is 22.4 Å². The van der Waals surface area contributed by atoms with E-state index in [1.807, 2.05) is 36.7 Å². The number of aryl methyl sites for hydroxylation is 2. The van der Waals surface area contributed by atoms with E-state index in [1.165, 1.54) is 44.3 Å². The van der Waals surface area contributed by atoms with Gasteiger partial charge in [-0.2, -0.15) is 0 Å². The predicted molar refractivity (Wildman–Crippen MR) is 191 cm³/mol. The Balaban J connectivity index is 1.44. The van der Waals surface area contributed by atoms with Crippen LogP contribution in [0.2, 0.25) is 0 Å². The summed E-state index contributed by atoms with van der Waals surface area (Å²) in [5, 5.41) is 2.56. The molecule has 4 aromatic heterocycles. The van der Waals surface area contributed by atoms with E-state index < -0.39 is 0 Å². The number of hydrogen-bond donors (Lipinski definition) is 0. The molecule has 0 saturated carbocycles. The van der Waals surface area contributed by atoms with Gasteiger partial charge in [0, 0.05) is 57.1 Å². The van der Waals surface area contributed by atoms with Crippen molar-refractivity contribution in [2.24, 2.45) is 0 Å². The van der Waals surface area contributed by atoms with Gasteiger partial charge in [0.25, 0.3) is 0 Å². The Kier molecular flexibility index (Phi) is 6.65. The highest BCUT2D eigenvalue weighted by atomic mass is 15.0. The van der Waals surface area contributed by atoms with Gasteiger partial charge in [0.1, 0.15) is 0 Å². The molecular formula is C42H34N4. The first-order valence-corrected chi connectivity index (χ1v) is 15.8. The molecule has 4 heterocycles. The maximum atomic E-state index is 4.72. The maximum Gasteiger partial charge on any atom is 0.0702 e. The Morgan fingerprint density at radius 2 is 0.826 bits per heavy atom. The van der Waals surface area contributed by atoms with Crippen molar-refractivity contribution in [2.45, 2.75) is 27.7 Å². The molecule has 0 aliphatic rings. The summed E-state index contributed by atoms with van der Waals surface area (Å²) in [6.45, 7) is 8.90. The summed E-state index contributed by atoms with van der Waals surface area (Å²) in [7, 11) is 0. The van der Waals surface area contributed by atoms with Gasteiger partial charge in [-0.3, -0.25) is 9.97 Å². The van der Waals surface area contributed by atoms with Crippen LogP contribution >= 0.6 is 0 Å². The smallest absolute Gasteiger partial charge is 0.0702 e. The highest BCUT2D eigenvalue weighted by Gasteiger charge is 2.18. The number of nitrogens with zero attached hydrogens (tertiary/aromatic N) is 4. The summed E-state index contributed by atoms with van der Waals surface area (Å²) in [5.41, 5.74) is 16.0. The Morgan fingerprint density at radius 3 is 1.28 bits per heavy atom. The zero-order chi connectivity index (χ0) is 31.4. The Morgan fingerprint density at radius 1 is 0.413 bits per heavy atom. The van der Waals surface area contributed by atoms with E-state index >= 15 is 0 Å². The Hall–Kier alpha value is -5.74. The lowest BCUT2D eigenvalue weighted by Crippen LogP contribution is -2.03. The number of rotatable bonds is 5. The lowest BCUT2D eigenvalue weighted by Gasteiger charge is -2.17. The first-order valence-electron chi connectivity index (χ1n) is 15.8. The van der Waals surface area contributed by atoms with Gasteiger partial charge in [0.2, 0.25) is 0 Å². The Bertz CT molecular complexity index is 2230. The van der Waals surface area contributed by atoms with Crippen LogP contribution in [0.5, 0.6) is 0 Å². The van der Waals surface area contributed by atoms with Crippen molar-refractivity contribution in [2.75, 3.05) is 0 Å². The van der Waals surface area contributed by atoms with Crippen LogP contribution in [0.3, 0.4) is 0 Å². The highest BCUT2D eigenvalue weighted by molar-refractivity contribution is 5.90. The third kappa shape index (κ3) is 4.53. The van der Waals surface area contributed by atoms with Gasteiger partial charge in [-0.1, -0.05) is 48.5 Å². The first-order chi connectivity index (χ1) is 22.5. The van der Waals surface area contributed by atoms with Crippen LogP contribution in [0.1, 0.15) is 22.5 Å². The summed E-state index contributed by atoms with van der Waals surface area (Å²) < 4.78 is 4.82. The van der Waals surface area contributed by atoms with Crippen molar-refractivity contribution in [1.82, 2.24) is 19.1 Å². The van der Waals surface area contributed by atoms with Crippen molar-refractivity contribution >= 4 is 21.8 Å². The molecule has 0 bridgehead atoms. The SMILES string of the molecule is Cc1c(C)n(-c2cc(-c3cc(-c4ccccn4)cc(-c4ccccn4)c3)cc(-n3c(C)c(C)c4ccccc43)c2)c2ccccc12. The fourth-order valence-electron chi connectivity index (χ4n) is 6.90. The average molecular weight is 595 g/mol. The summed E-state index contributed by atoms with van der Waals surface area (Å²) in [5.74, 6) is 0. The van der Waals surface area contributed by atoms with Crippen molar-refractivity contribution < 1.29 is 0 Å². The monoisotopic (exact) mass is 594 g/mol. The molecule has 0 unspecified atom stereocenters. The molecule has 0 N–H and O–H groups in total. The second-order valence-electron chi connectivity index (χ2n) is 12.1. The van der Waals surface area contributed by atoms with E-state index in [0.29, 0.717) is 0 Å². The normalized spacial score (nSPS) is 11.5. The molecular weight excluding hydrogens is 560 g/mol. The molecule has 4 aromatic carbocycles. The fourth-order valence-corrected chi connectivity index (χ4v) is 6.90. The largest absolute Gasteiger partial charge is 0.314 e. The fraction of sp³-hybridized carbons (Fsp3) is 0.0952. The minimum atomic E-state index is 0.934. The summed E-state index contributed by atoms with van der Waals surface area (Å²) in [6, 6.07) is 43.3. The van der Waals surface area contributed by atoms with Crippen LogP contribution < -0.4 is 0 Å². The third-order valence-corrected chi connectivity index (χ3v) is 9.46. The van der Waals surface area contributed by atoms with Gasteiger partial charge in [0.15, 0.2) is 0 Å². The van der Waals surface area contributed by atoms with Gasteiger partial charge in [-0.05, 0) is 123 Å². The second-order valence-corrected chi connectivity index (χ2v) is 12.1. The van der Waals surface area contributed by atoms with Gasteiger partial charge < -0.3 is 9.13 Å². The molecule has 0 spiro atoms. The Labute approximate surface area is 269 Å². The van der Waals surface area contributed by atoms with Crippen LogP contribution in [0.15, 0.2) is 134 Å². The van der Waals surface area contributed by atoms with E-state index in [4.69, 9.17) is 9.97 Å². The molecule has 4 heteroatoms. The lowest BCUT2D eigenvalue weighted by molar-refractivity contribution is 1.01. The summed E-state index contributed by atoms with van der Waals surface area (Å²) >= 11 is 0. The predicted octanol–water partition coefficient (Wildman–Crippen LogP) is 10.6. The van der Waals surface area contributed by atoms with E-state index in [0.717, 1.165) is 45.0 Å². The average Bonchev–Trinajstić information content (AvgIpc) is 3.52.